The Kier molecular flexibility index (Phi) is 7.75. The summed E-state index contributed by atoms with van der Waals surface area (Å²) in [7, 11) is 1.66. The number of H-pyrrole nitrogens is 1. The fraction of sp³-hybridized carbons (Fsp3) is 0.552. The summed E-state index contributed by atoms with van der Waals surface area (Å²) >= 11 is 0. The van der Waals surface area contributed by atoms with Crippen LogP contribution in [0.4, 0.5) is 13.2 Å². The van der Waals surface area contributed by atoms with Crippen molar-refractivity contribution in [3.8, 4) is 0 Å². The van der Waals surface area contributed by atoms with Crippen LogP contribution in [0.25, 0.3) is 5.57 Å². The van der Waals surface area contributed by atoms with E-state index in [1.807, 2.05) is 4.90 Å². The number of halogens is 3. The molecule has 9 heteroatoms. The first-order chi connectivity index (χ1) is 18.2. The summed E-state index contributed by atoms with van der Waals surface area (Å²) < 4.78 is 43.9. The van der Waals surface area contributed by atoms with Gasteiger partial charge >= 0.3 is 6.18 Å². The second-order valence-corrected chi connectivity index (χ2v) is 10.8. The second-order valence-electron chi connectivity index (χ2n) is 10.8. The molecule has 2 aromatic rings. The number of aromatic amines is 1. The molecule has 1 saturated heterocycles. The summed E-state index contributed by atoms with van der Waals surface area (Å²) in [5.41, 5.74) is 3.70. The molecule has 204 valence electrons. The minimum absolute atomic E-state index is 0.116. The predicted octanol–water partition coefficient (Wildman–Crippen LogP) is 5.94. The molecule has 1 aromatic heterocycles. The maximum absolute atomic E-state index is 13.7. The Labute approximate surface area is 221 Å². The van der Waals surface area contributed by atoms with Gasteiger partial charge in [0.25, 0.3) is 0 Å². The molecule has 0 spiro atoms. The van der Waals surface area contributed by atoms with Crippen LogP contribution in [0.15, 0.2) is 41.5 Å². The summed E-state index contributed by atoms with van der Waals surface area (Å²) in [4.78, 5) is 20.4. The lowest BCUT2D eigenvalue weighted by Crippen LogP contribution is -2.42. The van der Waals surface area contributed by atoms with Crippen LogP contribution in [-0.4, -0.2) is 52.8 Å². The average molecular weight is 529 g/mol. The molecule has 1 aliphatic heterocycles. The van der Waals surface area contributed by atoms with Gasteiger partial charge < -0.3 is 9.64 Å². The van der Waals surface area contributed by atoms with Crippen LogP contribution < -0.4 is 0 Å². The smallest absolute Gasteiger partial charge is 0.384 e. The standard InChI is InChI=1S/C29H35F3N4O2/c1-18-16-24(21-4-3-5-21)25(27-33-26(34-35-27)12-15-38-2)17-23(18)28(37)36-13-10-20(11-14-36)19-6-8-22(9-7-19)29(30,31)32/h6-9,16,20-21,23H,3-5,10-15,17H2,1-2H3,(H,33,34,35). The Hall–Kier alpha value is -2.94. The summed E-state index contributed by atoms with van der Waals surface area (Å²) in [6, 6.07) is 5.46. The van der Waals surface area contributed by atoms with Crippen LogP contribution in [0.2, 0.25) is 0 Å². The van der Waals surface area contributed by atoms with Crippen molar-refractivity contribution in [1.82, 2.24) is 20.1 Å². The van der Waals surface area contributed by atoms with E-state index in [1.165, 1.54) is 12.0 Å². The highest BCUT2D eigenvalue weighted by Gasteiger charge is 2.36. The van der Waals surface area contributed by atoms with E-state index in [1.54, 1.807) is 19.2 Å². The summed E-state index contributed by atoms with van der Waals surface area (Å²) in [6.07, 6.45) is 4.12. The van der Waals surface area contributed by atoms with Crippen molar-refractivity contribution in [2.75, 3.05) is 26.8 Å². The van der Waals surface area contributed by atoms with Gasteiger partial charge in [0, 0.05) is 32.2 Å². The lowest BCUT2D eigenvalue weighted by molar-refractivity contribution is -0.138. The van der Waals surface area contributed by atoms with Gasteiger partial charge in [-0.3, -0.25) is 9.89 Å². The van der Waals surface area contributed by atoms with Crippen LogP contribution in [-0.2, 0) is 22.1 Å². The zero-order chi connectivity index (χ0) is 26.9. The highest BCUT2D eigenvalue weighted by molar-refractivity contribution is 5.86. The van der Waals surface area contributed by atoms with Gasteiger partial charge in [-0.2, -0.15) is 18.3 Å². The van der Waals surface area contributed by atoms with Crippen LogP contribution in [0.1, 0.15) is 74.1 Å². The molecule has 2 aliphatic carbocycles. The molecule has 1 saturated carbocycles. The van der Waals surface area contributed by atoms with Gasteiger partial charge in [0.15, 0.2) is 5.82 Å². The monoisotopic (exact) mass is 528 g/mol. The number of likely N-dealkylation sites (tertiary alicyclic amines) is 1. The fourth-order valence-corrected chi connectivity index (χ4v) is 5.84. The van der Waals surface area contributed by atoms with E-state index in [0.717, 1.165) is 60.4 Å². The first-order valence-electron chi connectivity index (χ1n) is 13.5. The third-order valence-corrected chi connectivity index (χ3v) is 8.39. The predicted molar refractivity (Wildman–Crippen MR) is 138 cm³/mol. The molecular formula is C29H35F3N4O2. The van der Waals surface area contributed by atoms with Crippen molar-refractivity contribution >= 4 is 11.5 Å². The molecular weight excluding hydrogens is 493 g/mol. The maximum atomic E-state index is 13.7. The largest absolute Gasteiger partial charge is 0.416 e. The Morgan fingerprint density at radius 3 is 2.42 bits per heavy atom. The summed E-state index contributed by atoms with van der Waals surface area (Å²) in [5.74, 6) is 1.98. The van der Waals surface area contributed by atoms with Crippen LogP contribution >= 0.6 is 0 Å². The highest BCUT2D eigenvalue weighted by Crippen LogP contribution is 2.44. The number of aromatic nitrogens is 3. The molecule has 1 aromatic carbocycles. The van der Waals surface area contributed by atoms with Gasteiger partial charge in [0.05, 0.1) is 18.1 Å². The van der Waals surface area contributed by atoms with Crippen molar-refractivity contribution < 1.29 is 22.7 Å². The lowest BCUT2D eigenvalue weighted by Gasteiger charge is -2.37. The van der Waals surface area contributed by atoms with E-state index in [4.69, 9.17) is 9.72 Å². The Morgan fingerprint density at radius 1 is 1.11 bits per heavy atom. The number of methoxy groups -OCH3 is 1. The molecule has 6 nitrogen and oxygen atoms in total. The minimum Gasteiger partial charge on any atom is -0.384 e. The second kappa shape index (κ2) is 11.0. The van der Waals surface area contributed by atoms with Crippen molar-refractivity contribution in [3.05, 3.63) is 64.3 Å². The Balaban J connectivity index is 1.27. The highest BCUT2D eigenvalue weighted by atomic mass is 19.4. The van der Waals surface area contributed by atoms with Crippen molar-refractivity contribution in [2.45, 2.75) is 64.0 Å². The molecule has 38 heavy (non-hydrogen) atoms. The molecule has 2 fully saturated rings. The summed E-state index contributed by atoms with van der Waals surface area (Å²) in [5, 5.41) is 7.54. The number of nitrogens with zero attached hydrogens (tertiary/aromatic N) is 3. The van der Waals surface area contributed by atoms with E-state index in [-0.39, 0.29) is 17.7 Å². The molecule has 0 radical (unpaired) electrons. The topological polar surface area (TPSA) is 71.1 Å². The van der Waals surface area contributed by atoms with Crippen LogP contribution in [0.5, 0.6) is 0 Å². The molecule has 1 unspecified atom stereocenters. The van der Waals surface area contributed by atoms with Crippen molar-refractivity contribution in [1.29, 1.82) is 0 Å². The average Bonchev–Trinajstić information content (AvgIpc) is 3.35. The number of hydrogen-bond acceptors (Lipinski definition) is 4. The van der Waals surface area contributed by atoms with E-state index < -0.39 is 11.7 Å². The van der Waals surface area contributed by atoms with Gasteiger partial charge in [0.2, 0.25) is 5.91 Å². The normalized spacial score (nSPS) is 21.4. The zero-order valence-electron chi connectivity index (χ0n) is 22.0. The number of carbonyl (C=O) groups is 1. The van der Waals surface area contributed by atoms with E-state index >= 15 is 0 Å². The number of nitrogens with one attached hydrogen (secondary N) is 1. The van der Waals surface area contributed by atoms with Gasteiger partial charge in [0.1, 0.15) is 5.82 Å². The number of alkyl halides is 3. The molecule has 5 rings (SSSR count). The van der Waals surface area contributed by atoms with E-state index in [9.17, 15) is 18.0 Å². The Bertz CT molecular complexity index is 1200. The maximum Gasteiger partial charge on any atom is 0.416 e. The molecule has 1 N–H and O–H groups in total. The first-order valence-corrected chi connectivity index (χ1v) is 13.5. The Morgan fingerprint density at radius 2 is 1.82 bits per heavy atom. The number of hydrogen-bond donors (Lipinski definition) is 1. The number of ether oxygens (including phenoxy) is 1. The summed E-state index contributed by atoms with van der Waals surface area (Å²) in [6.45, 7) is 3.82. The molecule has 2 heterocycles. The van der Waals surface area contributed by atoms with Gasteiger partial charge in [-0.1, -0.05) is 30.2 Å². The van der Waals surface area contributed by atoms with Gasteiger partial charge in [-0.25, -0.2) is 4.98 Å². The molecule has 1 amide bonds. The van der Waals surface area contributed by atoms with Crippen LogP contribution in [0.3, 0.4) is 0 Å². The van der Waals surface area contributed by atoms with Crippen molar-refractivity contribution in [2.24, 2.45) is 11.8 Å². The number of carbonyl (C=O) groups excluding carboxylic acids is 1. The van der Waals surface area contributed by atoms with E-state index in [2.05, 4.69) is 23.2 Å². The first kappa shape index (κ1) is 26.7. The molecule has 3 aliphatic rings. The zero-order valence-corrected chi connectivity index (χ0v) is 22.0. The lowest BCUT2D eigenvalue weighted by atomic mass is 9.72. The number of amides is 1. The van der Waals surface area contributed by atoms with Gasteiger partial charge in [-0.15, -0.1) is 0 Å². The number of allylic oxidation sites excluding steroid dienone is 3. The third-order valence-electron chi connectivity index (χ3n) is 8.39. The van der Waals surface area contributed by atoms with Gasteiger partial charge in [-0.05, 0) is 74.1 Å². The fourth-order valence-electron chi connectivity index (χ4n) is 5.84. The minimum atomic E-state index is -4.33. The SMILES string of the molecule is COCCc1nc(C2=C(C3CCC3)C=C(C)C(C(=O)N3CCC(c4ccc(C(F)(F)F)cc4)CC3)C2)n[nH]1. The quantitative estimate of drug-likeness (QED) is 0.483. The number of benzene rings is 1. The van der Waals surface area contributed by atoms with Crippen molar-refractivity contribution in [3.63, 3.8) is 0 Å². The molecule has 0 bridgehead atoms. The van der Waals surface area contributed by atoms with Crippen LogP contribution in [0, 0.1) is 11.8 Å². The third kappa shape index (κ3) is 5.58. The molecule has 1 atom stereocenters. The number of rotatable bonds is 7. The van der Waals surface area contributed by atoms with E-state index in [0.29, 0.717) is 44.3 Å². The number of piperidine rings is 1.